The maximum Gasteiger partial charge on any atom is 0.352 e. The Morgan fingerprint density at radius 2 is 1.54 bits per heavy atom. The first-order valence-corrected chi connectivity index (χ1v) is 9.99. The summed E-state index contributed by atoms with van der Waals surface area (Å²) in [4.78, 5) is 15.1. The molecular weight excluding hydrogens is 320 g/mol. The summed E-state index contributed by atoms with van der Waals surface area (Å²) in [5, 5.41) is 0. The standard InChI is InChI=1S/C19H32N2O2S/c1-13(2)21(14(3)4)18(22)20-24(23,19(7,8)9)17-11-10-15(5)16(6)12-17/h10-14H,1-9H3/t24-/m0/s1. The number of carbonyl (C=O) groups excluding carboxylic acids is 1. The van der Waals surface area contributed by atoms with Crippen molar-refractivity contribution in [2.75, 3.05) is 0 Å². The molecule has 0 bridgehead atoms. The van der Waals surface area contributed by atoms with Crippen LogP contribution in [0.25, 0.3) is 0 Å². The highest BCUT2D eigenvalue weighted by Crippen LogP contribution is 2.29. The number of benzene rings is 1. The Morgan fingerprint density at radius 3 is 1.92 bits per heavy atom. The van der Waals surface area contributed by atoms with E-state index in [0.717, 1.165) is 11.1 Å². The first-order valence-electron chi connectivity index (χ1n) is 8.47. The van der Waals surface area contributed by atoms with E-state index in [4.69, 9.17) is 0 Å². The monoisotopic (exact) mass is 352 g/mol. The fraction of sp³-hybridized carbons (Fsp3) is 0.632. The molecule has 136 valence electrons. The lowest BCUT2D eigenvalue weighted by atomic mass is 10.1. The van der Waals surface area contributed by atoms with Gasteiger partial charge in [0.25, 0.3) is 0 Å². The molecule has 0 aromatic heterocycles. The van der Waals surface area contributed by atoms with Crippen LogP contribution in [0.15, 0.2) is 27.5 Å². The topological polar surface area (TPSA) is 49.7 Å². The fourth-order valence-electron chi connectivity index (χ4n) is 2.62. The molecule has 0 radical (unpaired) electrons. The van der Waals surface area contributed by atoms with Crippen molar-refractivity contribution < 1.29 is 9.00 Å². The van der Waals surface area contributed by atoms with Crippen LogP contribution in [0.3, 0.4) is 0 Å². The predicted molar refractivity (Wildman–Crippen MR) is 102 cm³/mol. The first kappa shape index (κ1) is 20.7. The van der Waals surface area contributed by atoms with Gasteiger partial charge in [0.1, 0.15) is 0 Å². The van der Waals surface area contributed by atoms with E-state index in [0.29, 0.717) is 4.90 Å². The molecule has 0 aliphatic carbocycles. The molecule has 2 amide bonds. The summed E-state index contributed by atoms with van der Waals surface area (Å²) >= 11 is 0. The summed E-state index contributed by atoms with van der Waals surface area (Å²) in [6.45, 7) is 17.4. The van der Waals surface area contributed by atoms with Crippen molar-refractivity contribution in [1.29, 1.82) is 0 Å². The molecule has 1 rings (SSSR count). The molecule has 0 N–H and O–H groups in total. The summed E-state index contributed by atoms with van der Waals surface area (Å²) in [6.07, 6.45) is 0. The van der Waals surface area contributed by atoms with E-state index in [2.05, 4.69) is 4.36 Å². The summed E-state index contributed by atoms with van der Waals surface area (Å²) in [5.41, 5.74) is 2.18. The Balaban J connectivity index is 3.60. The zero-order valence-corrected chi connectivity index (χ0v) is 17.3. The van der Waals surface area contributed by atoms with Crippen molar-refractivity contribution in [3.05, 3.63) is 29.3 Å². The van der Waals surface area contributed by atoms with Gasteiger partial charge in [-0.05, 0) is 85.6 Å². The second-order valence-electron chi connectivity index (χ2n) is 7.85. The molecule has 24 heavy (non-hydrogen) atoms. The van der Waals surface area contributed by atoms with E-state index in [9.17, 15) is 9.00 Å². The molecular formula is C19H32N2O2S. The van der Waals surface area contributed by atoms with E-state index < -0.39 is 20.5 Å². The minimum Gasteiger partial charge on any atom is -0.318 e. The molecule has 0 fully saturated rings. The van der Waals surface area contributed by atoms with Crippen LogP contribution >= 0.6 is 0 Å². The van der Waals surface area contributed by atoms with Crippen molar-refractivity contribution >= 4 is 15.8 Å². The van der Waals surface area contributed by atoms with E-state index in [-0.39, 0.29) is 12.1 Å². The van der Waals surface area contributed by atoms with Gasteiger partial charge in [-0.15, -0.1) is 4.36 Å². The molecule has 0 unspecified atom stereocenters. The maximum atomic E-state index is 13.8. The molecule has 5 heteroatoms. The van der Waals surface area contributed by atoms with Crippen LogP contribution in [-0.4, -0.2) is 32.0 Å². The van der Waals surface area contributed by atoms with Crippen molar-refractivity contribution in [2.45, 2.75) is 84.0 Å². The number of nitrogens with zero attached hydrogens (tertiary/aromatic N) is 2. The summed E-state index contributed by atoms with van der Waals surface area (Å²) in [7, 11) is -2.90. The third kappa shape index (κ3) is 4.18. The normalized spacial score (nSPS) is 14.6. The van der Waals surface area contributed by atoms with Crippen LogP contribution < -0.4 is 0 Å². The average molecular weight is 353 g/mol. The molecule has 4 nitrogen and oxygen atoms in total. The van der Waals surface area contributed by atoms with Crippen LogP contribution in [0.2, 0.25) is 0 Å². The first-order chi connectivity index (χ1) is 10.8. The summed E-state index contributed by atoms with van der Waals surface area (Å²) in [5.74, 6) is 0. The fourth-order valence-corrected chi connectivity index (χ4v) is 4.61. The van der Waals surface area contributed by atoms with Crippen molar-refractivity contribution in [2.24, 2.45) is 4.36 Å². The molecule has 1 aromatic carbocycles. The van der Waals surface area contributed by atoms with Crippen LogP contribution in [0.1, 0.15) is 59.6 Å². The van der Waals surface area contributed by atoms with Crippen molar-refractivity contribution in [3.8, 4) is 0 Å². The predicted octanol–water partition coefficient (Wildman–Crippen LogP) is 5.17. The Kier molecular flexibility index (Phi) is 6.26. The Bertz CT molecular complexity index is 713. The van der Waals surface area contributed by atoms with Gasteiger partial charge in [0.15, 0.2) is 0 Å². The quantitative estimate of drug-likeness (QED) is 0.753. The third-order valence-corrected chi connectivity index (χ3v) is 7.13. The number of amides is 2. The highest BCUT2D eigenvalue weighted by atomic mass is 32.2. The zero-order chi connectivity index (χ0) is 18.9. The number of hydrogen-bond acceptors (Lipinski definition) is 2. The Hall–Kier alpha value is -1.36. The van der Waals surface area contributed by atoms with Crippen LogP contribution in [0, 0.1) is 13.8 Å². The second kappa shape index (κ2) is 7.26. The second-order valence-corrected chi connectivity index (χ2v) is 10.8. The maximum absolute atomic E-state index is 13.8. The molecule has 0 aliphatic heterocycles. The van der Waals surface area contributed by atoms with Gasteiger partial charge in [-0.25, -0.2) is 9.00 Å². The van der Waals surface area contributed by atoms with Gasteiger partial charge in [-0.1, -0.05) is 6.07 Å². The van der Waals surface area contributed by atoms with Gasteiger partial charge in [-0.2, -0.15) is 0 Å². The van der Waals surface area contributed by atoms with E-state index in [1.165, 1.54) is 0 Å². The van der Waals surface area contributed by atoms with Crippen LogP contribution in [-0.2, 0) is 9.73 Å². The number of hydrogen-bond donors (Lipinski definition) is 0. The number of aryl methyl sites for hydroxylation is 2. The van der Waals surface area contributed by atoms with Crippen LogP contribution in [0.5, 0.6) is 0 Å². The molecule has 0 saturated carbocycles. The van der Waals surface area contributed by atoms with Crippen molar-refractivity contribution in [3.63, 3.8) is 0 Å². The van der Waals surface area contributed by atoms with Gasteiger partial charge in [0, 0.05) is 17.0 Å². The van der Waals surface area contributed by atoms with Gasteiger partial charge in [-0.3, -0.25) is 0 Å². The smallest absolute Gasteiger partial charge is 0.318 e. The zero-order valence-electron chi connectivity index (χ0n) is 16.5. The van der Waals surface area contributed by atoms with Gasteiger partial charge < -0.3 is 4.90 Å². The highest BCUT2D eigenvalue weighted by molar-refractivity contribution is 7.95. The Morgan fingerprint density at radius 1 is 1.04 bits per heavy atom. The number of carbonyl (C=O) groups is 1. The molecule has 0 saturated heterocycles. The third-order valence-electron chi connectivity index (χ3n) is 4.17. The van der Waals surface area contributed by atoms with Crippen LogP contribution in [0.4, 0.5) is 4.79 Å². The molecule has 0 heterocycles. The lowest BCUT2D eigenvalue weighted by Crippen LogP contribution is -2.41. The van der Waals surface area contributed by atoms with E-state index >= 15 is 0 Å². The van der Waals surface area contributed by atoms with Gasteiger partial charge in [0.2, 0.25) is 0 Å². The summed E-state index contributed by atoms with van der Waals surface area (Å²) < 4.78 is 17.4. The molecule has 1 aromatic rings. The molecule has 0 aliphatic rings. The number of rotatable bonds is 3. The minimum atomic E-state index is -2.90. The lowest BCUT2D eigenvalue weighted by Gasteiger charge is -2.31. The largest absolute Gasteiger partial charge is 0.352 e. The molecule has 1 atom stereocenters. The summed E-state index contributed by atoms with van der Waals surface area (Å²) in [6, 6.07) is 5.28. The minimum absolute atomic E-state index is 0.00428. The average Bonchev–Trinajstić information content (AvgIpc) is 2.39. The highest BCUT2D eigenvalue weighted by Gasteiger charge is 2.32. The lowest BCUT2D eigenvalue weighted by molar-refractivity contribution is 0.175. The Labute approximate surface area is 147 Å². The van der Waals surface area contributed by atoms with E-state index in [1.54, 1.807) is 4.90 Å². The SMILES string of the molecule is Cc1ccc([S@@](=O)(=NC(=O)N(C(C)C)C(C)C)C(C)(C)C)cc1C. The van der Waals surface area contributed by atoms with Gasteiger partial charge >= 0.3 is 6.03 Å². The molecule has 0 spiro atoms. The van der Waals surface area contributed by atoms with Gasteiger partial charge in [0.05, 0.1) is 14.5 Å². The van der Waals surface area contributed by atoms with E-state index in [1.807, 2.05) is 80.5 Å². The van der Waals surface area contributed by atoms with Crippen molar-refractivity contribution in [1.82, 2.24) is 4.90 Å². The number of urea groups is 1.